The van der Waals surface area contributed by atoms with Gasteiger partial charge in [0.2, 0.25) is 0 Å². The van der Waals surface area contributed by atoms with E-state index in [-0.39, 0.29) is 5.66 Å². The van der Waals surface area contributed by atoms with Gasteiger partial charge in [-0.15, -0.1) is 0 Å². The molecular formula is C17H24N2. The highest BCUT2D eigenvalue weighted by molar-refractivity contribution is 5.53. The third kappa shape index (κ3) is 1.77. The molecule has 0 atom stereocenters. The summed E-state index contributed by atoms with van der Waals surface area (Å²) in [5.74, 6) is 0. The lowest BCUT2D eigenvalue weighted by Crippen LogP contribution is -2.69. The highest BCUT2D eigenvalue weighted by Crippen LogP contribution is 2.51. The Balaban J connectivity index is 2.07. The van der Waals surface area contributed by atoms with E-state index in [0.717, 1.165) is 0 Å². The van der Waals surface area contributed by atoms with Crippen LogP contribution in [0.25, 0.3) is 0 Å². The average Bonchev–Trinajstić information content (AvgIpc) is 2.36. The fourth-order valence-corrected chi connectivity index (χ4v) is 3.71. The molecule has 1 aliphatic carbocycles. The van der Waals surface area contributed by atoms with Crippen LogP contribution in [0, 0.1) is 6.42 Å². The normalized spacial score (nSPS) is 22.8. The smallest absolute Gasteiger partial charge is 0.113 e. The first kappa shape index (κ1) is 13.1. The summed E-state index contributed by atoms with van der Waals surface area (Å²) in [6, 6.07) is 9.83. The van der Waals surface area contributed by atoms with Gasteiger partial charge in [-0.25, -0.2) is 0 Å². The minimum atomic E-state index is -0.0722. The van der Waals surface area contributed by atoms with Gasteiger partial charge in [0.25, 0.3) is 0 Å². The van der Waals surface area contributed by atoms with Crippen molar-refractivity contribution in [1.82, 2.24) is 9.80 Å². The Morgan fingerprint density at radius 1 is 1.00 bits per heavy atom. The van der Waals surface area contributed by atoms with E-state index in [1.165, 1.54) is 30.6 Å². The number of rotatable bonds is 2. The van der Waals surface area contributed by atoms with Crippen LogP contribution in [0.1, 0.15) is 45.2 Å². The van der Waals surface area contributed by atoms with E-state index in [9.17, 15) is 0 Å². The third-order valence-electron chi connectivity index (χ3n) is 4.49. The summed E-state index contributed by atoms with van der Waals surface area (Å²) in [4.78, 5) is 5.22. The van der Waals surface area contributed by atoms with E-state index in [4.69, 9.17) is 0 Å². The molecule has 2 aliphatic rings. The molecule has 0 bridgehead atoms. The molecule has 2 nitrogen and oxygen atoms in total. The molecule has 1 aromatic rings. The maximum Gasteiger partial charge on any atom is 0.113 e. The van der Waals surface area contributed by atoms with Gasteiger partial charge < -0.3 is 0 Å². The average molecular weight is 256 g/mol. The van der Waals surface area contributed by atoms with Gasteiger partial charge in [0.15, 0.2) is 0 Å². The second kappa shape index (κ2) is 4.60. The van der Waals surface area contributed by atoms with Crippen molar-refractivity contribution >= 4 is 0 Å². The van der Waals surface area contributed by atoms with Crippen LogP contribution in [0.3, 0.4) is 0 Å². The fraction of sp³-hybridized carbons (Fsp3) is 0.588. The van der Waals surface area contributed by atoms with Crippen molar-refractivity contribution < 1.29 is 0 Å². The Bertz CT molecular complexity index is 448. The maximum absolute atomic E-state index is 3.75. The van der Waals surface area contributed by atoms with Crippen LogP contribution in [-0.4, -0.2) is 35.0 Å². The van der Waals surface area contributed by atoms with Gasteiger partial charge in [-0.3, -0.25) is 9.80 Å². The first-order valence-corrected chi connectivity index (χ1v) is 7.48. The fourth-order valence-electron chi connectivity index (χ4n) is 3.71. The van der Waals surface area contributed by atoms with Crippen molar-refractivity contribution in [2.75, 3.05) is 13.1 Å². The molecule has 1 fully saturated rings. The Kier molecular flexibility index (Phi) is 3.18. The molecule has 0 aromatic heterocycles. The van der Waals surface area contributed by atoms with Crippen LogP contribution >= 0.6 is 0 Å². The zero-order chi connectivity index (χ0) is 13.6. The zero-order valence-corrected chi connectivity index (χ0v) is 12.5. The van der Waals surface area contributed by atoms with Gasteiger partial charge in [-0.1, -0.05) is 24.3 Å². The number of hydrogen-bond donors (Lipinski definition) is 0. The molecular weight excluding hydrogens is 232 g/mol. The quantitative estimate of drug-likeness (QED) is 0.802. The SMILES string of the molecule is CC(C)N1CCCN(C(C)C)C12[C]c1ccccc12. The van der Waals surface area contributed by atoms with Crippen LogP contribution in [0.2, 0.25) is 0 Å². The first-order valence-electron chi connectivity index (χ1n) is 7.48. The molecule has 1 spiro atoms. The molecule has 2 radical (unpaired) electrons. The third-order valence-corrected chi connectivity index (χ3v) is 4.49. The van der Waals surface area contributed by atoms with Crippen molar-refractivity contribution in [2.45, 2.75) is 51.9 Å². The predicted octanol–water partition coefficient (Wildman–Crippen LogP) is 3.11. The van der Waals surface area contributed by atoms with E-state index in [2.05, 4.69) is 68.2 Å². The summed E-state index contributed by atoms with van der Waals surface area (Å²) in [7, 11) is 0. The number of hydrogen-bond acceptors (Lipinski definition) is 2. The number of nitrogens with zero attached hydrogens (tertiary/aromatic N) is 2. The molecule has 0 amide bonds. The van der Waals surface area contributed by atoms with Gasteiger partial charge in [0.05, 0.1) is 6.42 Å². The van der Waals surface area contributed by atoms with Crippen molar-refractivity contribution in [2.24, 2.45) is 0 Å². The highest BCUT2D eigenvalue weighted by atomic mass is 15.4. The van der Waals surface area contributed by atoms with Gasteiger partial charge in [-0.05, 0) is 45.2 Å². The Morgan fingerprint density at radius 3 is 2.11 bits per heavy atom. The first-order chi connectivity index (χ1) is 9.07. The van der Waals surface area contributed by atoms with Crippen LogP contribution < -0.4 is 0 Å². The Labute approximate surface area is 117 Å². The topological polar surface area (TPSA) is 6.48 Å². The summed E-state index contributed by atoms with van der Waals surface area (Å²) in [6.45, 7) is 11.5. The maximum atomic E-state index is 3.75. The summed E-state index contributed by atoms with van der Waals surface area (Å²) in [6.07, 6.45) is 5.01. The highest BCUT2D eigenvalue weighted by Gasteiger charge is 2.54. The van der Waals surface area contributed by atoms with E-state index in [1.54, 1.807) is 0 Å². The molecule has 0 unspecified atom stereocenters. The summed E-state index contributed by atoms with van der Waals surface area (Å²) < 4.78 is 0. The molecule has 1 saturated heterocycles. The van der Waals surface area contributed by atoms with Crippen molar-refractivity contribution in [3.63, 3.8) is 0 Å². The second-order valence-electron chi connectivity index (χ2n) is 6.27. The molecule has 0 saturated carbocycles. The molecule has 2 heteroatoms. The number of fused-ring (bicyclic) bond motifs is 2. The molecule has 1 aliphatic heterocycles. The second-order valence-corrected chi connectivity index (χ2v) is 6.27. The lowest BCUT2D eigenvalue weighted by molar-refractivity contribution is -0.114. The van der Waals surface area contributed by atoms with Crippen LogP contribution in [-0.2, 0) is 5.66 Å². The predicted molar refractivity (Wildman–Crippen MR) is 78.8 cm³/mol. The van der Waals surface area contributed by atoms with Crippen LogP contribution in [0.15, 0.2) is 24.3 Å². The van der Waals surface area contributed by atoms with Gasteiger partial charge in [-0.2, -0.15) is 0 Å². The zero-order valence-electron chi connectivity index (χ0n) is 12.5. The summed E-state index contributed by atoms with van der Waals surface area (Å²) in [5, 5.41) is 0. The van der Waals surface area contributed by atoms with Crippen LogP contribution in [0.5, 0.6) is 0 Å². The number of benzene rings is 1. The van der Waals surface area contributed by atoms with Gasteiger partial charge >= 0.3 is 0 Å². The van der Waals surface area contributed by atoms with Gasteiger partial charge in [0, 0.05) is 25.2 Å². The minimum absolute atomic E-state index is 0.0722. The lowest BCUT2D eigenvalue weighted by Gasteiger charge is -2.62. The minimum Gasteiger partial charge on any atom is -0.278 e. The Morgan fingerprint density at radius 2 is 1.58 bits per heavy atom. The molecule has 19 heavy (non-hydrogen) atoms. The molecule has 3 rings (SSSR count). The molecule has 0 N–H and O–H groups in total. The van der Waals surface area contributed by atoms with E-state index < -0.39 is 0 Å². The molecule has 102 valence electrons. The Hall–Kier alpha value is -0.860. The van der Waals surface area contributed by atoms with E-state index >= 15 is 0 Å². The lowest BCUT2D eigenvalue weighted by atomic mass is 9.72. The standard InChI is InChI=1S/C17H24N2/c1-13(2)18-10-7-11-19(14(3)4)17(18)12-15-8-5-6-9-16(15)17/h5-6,8-9,13-14H,7,10-11H2,1-4H3. The van der Waals surface area contributed by atoms with Crippen molar-refractivity contribution in [1.29, 1.82) is 0 Å². The summed E-state index contributed by atoms with van der Waals surface area (Å²) >= 11 is 0. The van der Waals surface area contributed by atoms with Crippen molar-refractivity contribution in [3.05, 3.63) is 41.8 Å². The van der Waals surface area contributed by atoms with Gasteiger partial charge in [0.1, 0.15) is 5.66 Å². The van der Waals surface area contributed by atoms with Crippen molar-refractivity contribution in [3.8, 4) is 0 Å². The van der Waals surface area contributed by atoms with E-state index in [0.29, 0.717) is 12.1 Å². The summed E-state index contributed by atoms with van der Waals surface area (Å²) in [5.41, 5.74) is 2.66. The molecule has 1 heterocycles. The largest absolute Gasteiger partial charge is 0.278 e. The van der Waals surface area contributed by atoms with Crippen LogP contribution in [0.4, 0.5) is 0 Å². The molecule has 1 aromatic carbocycles. The van der Waals surface area contributed by atoms with E-state index in [1.807, 2.05) is 0 Å². The monoisotopic (exact) mass is 256 g/mol.